The second kappa shape index (κ2) is 8.93. The quantitative estimate of drug-likeness (QED) is 0.641. The van der Waals surface area contributed by atoms with Gasteiger partial charge in [0.1, 0.15) is 0 Å². The molecule has 0 bridgehead atoms. The number of halogens is 1. The zero-order valence-electron chi connectivity index (χ0n) is 15.7. The van der Waals surface area contributed by atoms with Gasteiger partial charge in [-0.1, -0.05) is 17.7 Å². The molecule has 7 heteroatoms. The van der Waals surface area contributed by atoms with E-state index in [1.54, 1.807) is 7.11 Å². The molecule has 0 aliphatic carbocycles. The molecule has 1 aromatic rings. The van der Waals surface area contributed by atoms with Gasteiger partial charge in [0.05, 0.1) is 5.60 Å². The summed E-state index contributed by atoms with van der Waals surface area (Å²) >= 11 is 6.12. The van der Waals surface area contributed by atoms with Crippen LogP contribution in [0.3, 0.4) is 0 Å². The number of nitrogens with zero attached hydrogens (tertiary/aromatic N) is 3. The molecule has 0 aromatic heterocycles. The summed E-state index contributed by atoms with van der Waals surface area (Å²) in [5.41, 5.74) is 1.03. The number of hydrogen-bond acceptors (Lipinski definition) is 4. The summed E-state index contributed by atoms with van der Waals surface area (Å²) in [6.07, 6.45) is 1.83. The Morgan fingerprint density at radius 1 is 1.27 bits per heavy atom. The Labute approximate surface area is 161 Å². The molecular weight excluding hydrogens is 352 g/mol. The van der Waals surface area contributed by atoms with Crippen LogP contribution in [0.2, 0.25) is 5.02 Å². The summed E-state index contributed by atoms with van der Waals surface area (Å²) in [7, 11) is 3.63. The second-order valence-electron chi connectivity index (χ2n) is 6.85. The molecule has 3 rings (SSSR count). The van der Waals surface area contributed by atoms with Crippen LogP contribution in [-0.2, 0) is 9.47 Å². The van der Waals surface area contributed by atoms with E-state index in [9.17, 15) is 0 Å². The monoisotopic (exact) mass is 380 g/mol. The van der Waals surface area contributed by atoms with Gasteiger partial charge >= 0.3 is 0 Å². The highest BCUT2D eigenvalue weighted by Gasteiger charge is 2.33. The number of ether oxygens (including phenoxy) is 2. The Hall–Kier alpha value is -1.50. The van der Waals surface area contributed by atoms with Gasteiger partial charge in [0, 0.05) is 83.6 Å². The van der Waals surface area contributed by atoms with Gasteiger partial charge in [0.2, 0.25) is 0 Å². The third-order valence-electron chi connectivity index (χ3n) is 5.37. The van der Waals surface area contributed by atoms with Crippen LogP contribution in [0.1, 0.15) is 12.8 Å². The zero-order chi connectivity index (χ0) is 18.4. The molecule has 2 aliphatic rings. The maximum absolute atomic E-state index is 6.12. The SMILES string of the molecule is CN=C(NCC1(OC)CCOCC1)N1CCN(c2cccc(Cl)c2)CC1. The Kier molecular flexibility index (Phi) is 6.62. The zero-order valence-corrected chi connectivity index (χ0v) is 16.5. The number of piperazine rings is 1. The van der Waals surface area contributed by atoms with E-state index in [0.29, 0.717) is 0 Å². The van der Waals surface area contributed by atoms with E-state index in [1.165, 1.54) is 5.69 Å². The van der Waals surface area contributed by atoms with Crippen LogP contribution < -0.4 is 10.2 Å². The molecule has 0 unspecified atom stereocenters. The Bertz CT molecular complexity index is 611. The van der Waals surface area contributed by atoms with Crippen molar-refractivity contribution in [2.75, 3.05) is 65.0 Å². The number of methoxy groups -OCH3 is 1. The van der Waals surface area contributed by atoms with Crippen LogP contribution in [-0.4, -0.2) is 76.6 Å². The average molecular weight is 381 g/mol. The van der Waals surface area contributed by atoms with Gasteiger partial charge in [-0.15, -0.1) is 0 Å². The van der Waals surface area contributed by atoms with E-state index in [-0.39, 0.29) is 5.60 Å². The number of rotatable bonds is 4. The molecule has 0 radical (unpaired) electrons. The van der Waals surface area contributed by atoms with Crippen molar-refractivity contribution in [3.05, 3.63) is 29.3 Å². The Balaban J connectivity index is 1.53. The summed E-state index contributed by atoms with van der Waals surface area (Å²) in [6.45, 7) is 6.02. The van der Waals surface area contributed by atoms with Gasteiger partial charge < -0.3 is 24.6 Å². The molecule has 1 aromatic carbocycles. The largest absolute Gasteiger partial charge is 0.381 e. The van der Waals surface area contributed by atoms with Crippen molar-refractivity contribution in [3.8, 4) is 0 Å². The van der Waals surface area contributed by atoms with Crippen molar-refractivity contribution in [2.24, 2.45) is 4.99 Å². The van der Waals surface area contributed by atoms with E-state index in [1.807, 2.05) is 25.2 Å². The lowest BCUT2D eigenvalue weighted by molar-refractivity contribution is -0.0857. The van der Waals surface area contributed by atoms with Crippen molar-refractivity contribution in [1.82, 2.24) is 10.2 Å². The molecule has 144 valence electrons. The van der Waals surface area contributed by atoms with E-state index >= 15 is 0 Å². The first-order valence-electron chi connectivity index (χ1n) is 9.25. The van der Waals surface area contributed by atoms with Gasteiger partial charge in [0.15, 0.2) is 5.96 Å². The van der Waals surface area contributed by atoms with Crippen molar-refractivity contribution in [3.63, 3.8) is 0 Å². The number of nitrogens with one attached hydrogen (secondary N) is 1. The van der Waals surface area contributed by atoms with E-state index in [2.05, 4.69) is 26.2 Å². The number of aliphatic imine (C=N–C) groups is 1. The first-order valence-corrected chi connectivity index (χ1v) is 9.63. The number of guanidine groups is 1. The molecule has 0 atom stereocenters. The topological polar surface area (TPSA) is 49.3 Å². The lowest BCUT2D eigenvalue weighted by Gasteiger charge is -2.40. The van der Waals surface area contributed by atoms with Gasteiger partial charge in [0.25, 0.3) is 0 Å². The minimum Gasteiger partial charge on any atom is -0.381 e. The Morgan fingerprint density at radius 3 is 2.62 bits per heavy atom. The lowest BCUT2D eigenvalue weighted by Crippen LogP contribution is -2.56. The van der Waals surface area contributed by atoms with Crippen LogP contribution >= 0.6 is 11.6 Å². The smallest absolute Gasteiger partial charge is 0.193 e. The van der Waals surface area contributed by atoms with E-state index in [4.69, 9.17) is 21.1 Å². The van der Waals surface area contributed by atoms with Crippen LogP contribution in [0.5, 0.6) is 0 Å². The fraction of sp³-hybridized carbons (Fsp3) is 0.632. The molecule has 0 spiro atoms. The van der Waals surface area contributed by atoms with Crippen molar-refractivity contribution in [1.29, 1.82) is 0 Å². The van der Waals surface area contributed by atoms with Crippen LogP contribution in [0.15, 0.2) is 29.3 Å². The van der Waals surface area contributed by atoms with Gasteiger partial charge in [-0.2, -0.15) is 0 Å². The number of anilines is 1. The lowest BCUT2D eigenvalue weighted by atomic mass is 9.94. The highest BCUT2D eigenvalue weighted by atomic mass is 35.5. The first-order chi connectivity index (χ1) is 12.7. The van der Waals surface area contributed by atoms with Crippen molar-refractivity contribution < 1.29 is 9.47 Å². The third kappa shape index (κ3) is 4.61. The molecule has 26 heavy (non-hydrogen) atoms. The van der Waals surface area contributed by atoms with Crippen molar-refractivity contribution >= 4 is 23.2 Å². The molecule has 0 saturated carbocycles. The van der Waals surface area contributed by atoms with Crippen LogP contribution in [0.25, 0.3) is 0 Å². The maximum atomic E-state index is 6.12. The van der Waals surface area contributed by atoms with E-state index < -0.39 is 0 Å². The standard InChI is InChI=1S/C19H29ClN4O2/c1-21-18(22-15-19(25-2)6-12-26-13-7-19)24-10-8-23(9-11-24)17-5-3-4-16(20)14-17/h3-5,14H,6-13,15H2,1-2H3,(H,21,22). The fourth-order valence-electron chi connectivity index (χ4n) is 3.62. The predicted molar refractivity (Wildman–Crippen MR) is 106 cm³/mol. The third-order valence-corrected chi connectivity index (χ3v) is 5.61. The molecule has 2 aliphatic heterocycles. The molecule has 2 heterocycles. The van der Waals surface area contributed by atoms with Gasteiger partial charge in [-0.25, -0.2) is 0 Å². The minimum absolute atomic E-state index is 0.156. The van der Waals surface area contributed by atoms with Crippen LogP contribution in [0, 0.1) is 0 Å². The van der Waals surface area contributed by atoms with Crippen molar-refractivity contribution in [2.45, 2.75) is 18.4 Å². The predicted octanol–water partition coefficient (Wildman–Crippen LogP) is 2.23. The normalized spacial score (nSPS) is 21.0. The summed E-state index contributed by atoms with van der Waals surface area (Å²) in [5, 5.41) is 4.30. The first kappa shape index (κ1) is 19.3. The summed E-state index contributed by atoms with van der Waals surface area (Å²) in [5.74, 6) is 0.943. The van der Waals surface area contributed by atoms with E-state index in [0.717, 1.165) is 69.8 Å². The average Bonchev–Trinajstić information content (AvgIpc) is 2.70. The highest BCUT2D eigenvalue weighted by Crippen LogP contribution is 2.24. The minimum atomic E-state index is -0.156. The maximum Gasteiger partial charge on any atom is 0.193 e. The molecule has 2 saturated heterocycles. The molecule has 0 amide bonds. The highest BCUT2D eigenvalue weighted by molar-refractivity contribution is 6.30. The summed E-state index contributed by atoms with van der Waals surface area (Å²) < 4.78 is 11.3. The van der Waals surface area contributed by atoms with Gasteiger partial charge in [-0.3, -0.25) is 4.99 Å². The number of benzene rings is 1. The molecule has 6 nitrogen and oxygen atoms in total. The number of hydrogen-bond donors (Lipinski definition) is 1. The molecule has 2 fully saturated rings. The van der Waals surface area contributed by atoms with Gasteiger partial charge in [-0.05, 0) is 18.2 Å². The summed E-state index contributed by atoms with van der Waals surface area (Å²) in [4.78, 5) is 9.15. The Morgan fingerprint density at radius 2 is 2.00 bits per heavy atom. The fourth-order valence-corrected chi connectivity index (χ4v) is 3.80. The second-order valence-corrected chi connectivity index (χ2v) is 7.29. The molecular formula is C19H29ClN4O2. The molecule has 1 N–H and O–H groups in total. The van der Waals surface area contributed by atoms with Crippen LogP contribution in [0.4, 0.5) is 5.69 Å². The summed E-state index contributed by atoms with van der Waals surface area (Å²) in [6, 6.07) is 8.05.